The van der Waals surface area contributed by atoms with Gasteiger partial charge < -0.3 is 4.74 Å². The number of hydrogen-bond donors (Lipinski definition) is 2. The number of benzene rings is 2. The van der Waals surface area contributed by atoms with Gasteiger partial charge in [0.25, 0.3) is 5.91 Å². The van der Waals surface area contributed by atoms with Crippen LogP contribution in [0, 0.1) is 5.82 Å². The fourth-order valence-electron chi connectivity index (χ4n) is 2.83. The average Bonchev–Trinajstić information content (AvgIpc) is 3.15. The van der Waals surface area contributed by atoms with Gasteiger partial charge in [-0.3, -0.25) is 10.1 Å². The molecule has 1 heterocycles. The molecule has 0 aliphatic heterocycles. The monoisotopic (exact) mass is 483 g/mol. The fourth-order valence-corrected chi connectivity index (χ4v) is 4.46. The Labute approximate surface area is 188 Å². The molecule has 11 heteroatoms. The van der Waals surface area contributed by atoms with E-state index >= 15 is 0 Å². The molecule has 1 aromatic heterocycles. The summed E-state index contributed by atoms with van der Waals surface area (Å²) in [4.78, 5) is 16.2. The van der Waals surface area contributed by atoms with Gasteiger partial charge in [0.05, 0.1) is 11.1 Å². The van der Waals surface area contributed by atoms with E-state index in [2.05, 4.69) is 10.3 Å². The van der Waals surface area contributed by atoms with Gasteiger partial charge in [-0.15, -0.1) is 11.3 Å². The van der Waals surface area contributed by atoms with Gasteiger partial charge in [-0.2, -0.15) is 0 Å². The predicted molar refractivity (Wildman–Crippen MR) is 118 cm³/mol. The highest BCUT2D eigenvalue weighted by Crippen LogP contribution is 2.28. The van der Waals surface area contributed by atoms with Crippen LogP contribution in [0.5, 0.6) is 5.75 Å². The molecule has 3 rings (SSSR count). The van der Waals surface area contributed by atoms with E-state index in [1.54, 1.807) is 29.8 Å². The summed E-state index contributed by atoms with van der Waals surface area (Å²) in [5.74, 6) is -0.740. The number of thiazole rings is 1. The Morgan fingerprint density at radius 1 is 1.29 bits per heavy atom. The summed E-state index contributed by atoms with van der Waals surface area (Å²) in [6.07, 6.45) is 1.47. The van der Waals surface area contributed by atoms with Crippen LogP contribution >= 0.6 is 22.9 Å². The molecule has 0 bridgehead atoms. The van der Waals surface area contributed by atoms with Gasteiger partial charge in [-0.1, -0.05) is 11.6 Å². The molecule has 2 aromatic carbocycles. The molecule has 1 amide bonds. The second kappa shape index (κ2) is 9.31. The zero-order valence-electron chi connectivity index (χ0n) is 16.6. The van der Waals surface area contributed by atoms with Crippen molar-refractivity contribution in [3.05, 3.63) is 69.4 Å². The van der Waals surface area contributed by atoms with Gasteiger partial charge in [-0.05, 0) is 55.3 Å². The second-order valence-electron chi connectivity index (χ2n) is 6.92. The number of nitrogens with two attached hydrogens (primary N) is 1. The van der Waals surface area contributed by atoms with Gasteiger partial charge in [0, 0.05) is 23.6 Å². The lowest BCUT2D eigenvalue weighted by Crippen LogP contribution is -2.14. The number of rotatable bonds is 7. The van der Waals surface area contributed by atoms with Crippen molar-refractivity contribution < 1.29 is 22.3 Å². The quantitative estimate of drug-likeness (QED) is 0.522. The molecule has 0 atom stereocenters. The SMILES string of the molecule is CC(C)Oc1cc(Cc2cc(Cl)c(S(N)(=O)=O)cc2F)cc(C(=O)Nc2nccs2)c1. The van der Waals surface area contributed by atoms with Crippen LogP contribution in [0.2, 0.25) is 5.02 Å². The van der Waals surface area contributed by atoms with Gasteiger partial charge >= 0.3 is 0 Å². The number of sulfonamides is 1. The number of carbonyl (C=O) groups excluding carboxylic acids is 1. The summed E-state index contributed by atoms with van der Waals surface area (Å²) in [5.41, 5.74) is 1.02. The minimum Gasteiger partial charge on any atom is -0.491 e. The van der Waals surface area contributed by atoms with E-state index in [1.807, 2.05) is 13.8 Å². The highest BCUT2D eigenvalue weighted by molar-refractivity contribution is 7.89. The van der Waals surface area contributed by atoms with Crippen molar-refractivity contribution in [2.45, 2.75) is 31.3 Å². The van der Waals surface area contributed by atoms with Crippen LogP contribution in [0.4, 0.5) is 9.52 Å². The number of hydrogen-bond acceptors (Lipinski definition) is 6. The number of aromatic nitrogens is 1. The lowest BCUT2D eigenvalue weighted by atomic mass is 10.0. The smallest absolute Gasteiger partial charge is 0.257 e. The van der Waals surface area contributed by atoms with Crippen LogP contribution in [0.3, 0.4) is 0 Å². The average molecular weight is 484 g/mol. The van der Waals surface area contributed by atoms with Gasteiger partial charge in [0.2, 0.25) is 10.0 Å². The first kappa shape index (κ1) is 23.1. The highest BCUT2D eigenvalue weighted by atomic mass is 35.5. The summed E-state index contributed by atoms with van der Waals surface area (Å²) < 4.78 is 43.4. The molecule has 0 fully saturated rings. The maximum Gasteiger partial charge on any atom is 0.257 e. The van der Waals surface area contributed by atoms with Crippen LogP contribution in [0.1, 0.15) is 35.3 Å². The molecule has 31 heavy (non-hydrogen) atoms. The Kier molecular flexibility index (Phi) is 6.95. The Balaban J connectivity index is 1.96. The van der Waals surface area contributed by atoms with Crippen LogP contribution < -0.4 is 15.2 Å². The zero-order chi connectivity index (χ0) is 22.8. The molecule has 0 radical (unpaired) electrons. The highest BCUT2D eigenvalue weighted by Gasteiger charge is 2.18. The topological polar surface area (TPSA) is 111 Å². The molecule has 3 N–H and O–H groups in total. The Bertz CT molecular complexity index is 1220. The first-order chi connectivity index (χ1) is 14.5. The first-order valence-electron chi connectivity index (χ1n) is 9.05. The molecule has 3 aromatic rings. The Morgan fingerprint density at radius 3 is 2.65 bits per heavy atom. The number of amides is 1. The van der Waals surface area contributed by atoms with Gasteiger partial charge in [-0.25, -0.2) is 22.9 Å². The number of halogens is 2. The Morgan fingerprint density at radius 2 is 2.03 bits per heavy atom. The summed E-state index contributed by atoms with van der Waals surface area (Å²) in [6.45, 7) is 3.68. The van der Waals surface area contributed by atoms with Crippen molar-refractivity contribution in [3.63, 3.8) is 0 Å². The fraction of sp³-hybridized carbons (Fsp3) is 0.200. The largest absolute Gasteiger partial charge is 0.491 e. The summed E-state index contributed by atoms with van der Waals surface area (Å²) in [5, 5.41) is 9.74. The maximum absolute atomic E-state index is 14.6. The van der Waals surface area contributed by atoms with Crippen molar-refractivity contribution in [3.8, 4) is 5.75 Å². The van der Waals surface area contributed by atoms with Gasteiger partial charge in [0.15, 0.2) is 5.13 Å². The minimum absolute atomic E-state index is 0.0449. The zero-order valence-corrected chi connectivity index (χ0v) is 18.9. The molecule has 0 spiro atoms. The summed E-state index contributed by atoms with van der Waals surface area (Å²) in [6, 6.07) is 6.86. The summed E-state index contributed by atoms with van der Waals surface area (Å²) in [7, 11) is -4.16. The van der Waals surface area contributed by atoms with Crippen molar-refractivity contribution in [1.29, 1.82) is 0 Å². The molecule has 0 unspecified atom stereocenters. The molecule has 0 saturated carbocycles. The number of ether oxygens (including phenoxy) is 1. The minimum atomic E-state index is -4.16. The van der Waals surface area contributed by atoms with Crippen molar-refractivity contribution >= 4 is 44.0 Å². The Hall–Kier alpha value is -2.53. The second-order valence-corrected chi connectivity index (χ2v) is 9.75. The third kappa shape index (κ3) is 6.01. The van der Waals surface area contributed by atoms with Crippen molar-refractivity contribution in [2.75, 3.05) is 5.32 Å². The summed E-state index contributed by atoms with van der Waals surface area (Å²) >= 11 is 7.27. The lowest BCUT2D eigenvalue weighted by molar-refractivity contribution is 0.102. The van der Waals surface area contributed by atoms with E-state index in [0.29, 0.717) is 22.0 Å². The first-order valence-corrected chi connectivity index (χ1v) is 11.9. The molecule has 7 nitrogen and oxygen atoms in total. The molecule has 0 aliphatic carbocycles. The van der Waals surface area contributed by atoms with Crippen molar-refractivity contribution in [2.24, 2.45) is 5.14 Å². The number of nitrogens with one attached hydrogen (secondary N) is 1. The maximum atomic E-state index is 14.6. The third-order valence-electron chi connectivity index (χ3n) is 4.06. The standard InChI is InChI=1S/C20H19ClFN3O4S2/c1-11(2)29-15-7-12(6-14(8-15)19(26)25-20-24-3-4-30-20)5-13-9-16(21)18(10-17(13)22)31(23,27)28/h3-4,6-11H,5H2,1-2H3,(H2,23,27,28)(H,24,25,26). The third-order valence-corrected chi connectivity index (χ3v) is 6.12. The molecule has 164 valence electrons. The normalized spacial score (nSPS) is 11.5. The van der Waals surface area contributed by atoms with E-state index in [-0.39, 0.29) is 23.1 Å². The van der Waals surface area contributed by atoms with E-state index in [1.165, 1.54) is 17.4 Å². The predicted octanol–water partition coefficient (Wildman–Crippen LogP) is 4.21. The van der Waals surface area contributed by atoms with E-state index in [4.69, 9.17) is 21.5 Å². The van der Waals surface area contributed by atoms with Crippen LogP contribution in [-0.2, 0) is 16.4 Å². The van der Waals surface area contributed by atoms with E-state index in [0.717, 1.165) is 6.07 Å². The molecule has 0 aliphatic rings. The van der Waals surface area contributed by atoms with E-state index < -0.39 is 26.6 Å². The molecular formula is C20H19ClFN3O4S2. The van der Waals surface area contributed by atoms with Gasteiger partial charge in [0.1, 0.15) is 16.5 Å². The number of primary sulfonamides is 1. The van der Waals surface area contributed by atoms with Crippen molar-refractivity contribution in [1.82, 2.24) is 4.98 Å². The van der Waals surface area contributed by atoms with E-state index in [9.17, 15) is 17.6 Å². The number of nitrogens with zero attached hydrogens (tertiary/aromatic N) is 1. The number of carbonyl (C=O) groups is 1. The molecule has 0 saturated heterocycles. The van der Waals surface area contributed by atoms with Crippen LogP contribution in [0.25, 0.3) is 0 Å². The van der Waals surface area contributed by atoms with Crippen LogP contribution in [-0.4, -0.2) is 25.4 Å². The lowest BCUT2D eigenvalue weighted by Gasteiger charge is -2.14. The number of anilines is 1. The van der Waals surface area contributed by atoms with Crippen LogP contribution in [0.15, 0.2) is 46.8 Å². The molecular weight excluding hydrogens is 465 g/mol.